The van der Waals surface area contributed by atoms with Crippen LogP contribution in [0.3, 0.4) is 0 Å². The zero-order valence-electron chi connectivity index (χ0n) is 6.63. The predicted molar refractivity (Wildman–Crippen MR) is 57.8 cm³/mol. The van der Waals surface area contributed by atoms with E-state index in [1.165, 1.54) is 5.56 Å². The number of benzene rings is 1. The van der Waals surface area contributed by atoms with Gasteiger partial charge in [-0.2, -0.15) is 0 Å². The standard InChI is InChI=1S/C10H10BrCl/c1-2-8(7-12)9-3-5-10(11)6-4-9/h2-6,8H,1,7H2. The van der Waals surface area contributed by atoms with Crippen LogP contribution in [0.5, 0.6) is 0 Å². The molecule has 0 heterocycles. The average molecular weight is 246 g/mol. The van der Waals surface area contributed by atoms with Crippen molar-refractivity contribution in [1.82, 2.24) is 0 Å². The number of rotatable bonds is 3. The molecule has 0 saturated heterocycles. The number of alkyl halides is 1. The molecule has 2 heteroatoms. The summed E-state index contributed by atoms with van der Waals surface area (Å²) >= 11 is 9.14. The molecule has 1 aromatic carbocycles. The number of halogens is 2. The molecule has 0 spiro atoms. The summed E-state index contributed by atoms with van der Waals surface area (Å²) < 4.78 is 1.09. The highest BCUT2D eigenvalue weighted by Crippen LogP contribution is 2.20. The van der Waals surface area contributed by atoms with Gasteiger partial charge in [0.1, 0.15) is 0 Å². The summed E-state index contributed by atoms with van der Waals surface area (Å²) in [7, 11) is 0. The summed E-state index contributed by atoms with van der Waals surface area (Å²) in [6.07, 6.45) is 1.87. The lowest BCUT2D eigenvalue weighted by atomic mass is 10.0. The van der Waals surface area contributed by atoms with Gasteiger partial charge < -0.3 is 0 Å². The van der Waals surface area contributed by atoms with Gasteiger partial charge in [0.25, 0.3) is 0 Å². The Labute approximate surface area is 86.4 Å². The molecule has 0 radical (unpaired) electrons. The van der Waals surface area contributed by atoms with Crippen molar-refractivity contribution in [2.75, 3.05) is 5.88 Å². The van der Waals surface area contributed by atoms with Crippen molar-refractivity contribution < 1.29 is 0 Å². The van der Waals surface area contributed by atoms with E-state index in [4.69, 9.17) is 11.6 Å². The van der Waals surface area contributed by atoms with Crippen molar-refractivity contribution in [2.45, 2.75) is 5.92 Å². The van der Waals surface area contributed by atoms with Gasteiger partial charge in [-0.3, -0.25) is 0 Å². The highest BCUT2D eigenvalue weighted by molar-refractivity contribution is 9.10. The minimum atomic E-state index is 0.264. The lowest BCUT2D eigenvalue weighted by molar-refractivity contribution is 0.980. The maximum Gasteiger partial charge on any atom is 0.0326 e. The highest BCUT2D eigenvalue weighted by atomic mass is 79.9. The first-order valence-corrected chi connectivity index (χ1v) is 5.04. The van der Waals surface area contributed by atoms with Crippen LogP contribution in [-0.4, -0.2) is 5.88 Å². The molecular weight excluding hydrogens is 235 g/mol. The molecule has 0 bridgehead atoms. The minimum Gasteiger partial charge on any atom is -0.126 e. The Kier molecular flexibility index (Phi) is 3.83. The molecule has 0 saturated carbocycles. The van der Waals surface area contributed by atoms with Crippen LogP contribution in [0.1, 0.15) is 11.5 Å². The fourth-order valence-corrected chi connectivity index (χ4v) is 1.57. The molecule has 0 amide bonds. The molecule has 0 aliphatic heterocycles. The van der Waals surface area contributed by atoms with Gasteiger partial charge in [0.15, 0.2) is 0 Å². The second-order valence-electron chi connectivity index (χ2n) is 2.55. The smallest absolute Gasteiger partial charge is 0.0326 e. The molecule has 0 nitrogen and oxygen atoms in total. The first-order chi connectivity index (χ1) is 5.77. The zero-order chi connectivity index (χ0) is 8.97. The molecule has 1 atom stereocenters. The van der Waals surface area contributed by atoms with E-state index in [0.29, 0.717) is 5.88 Å². The van der Waals surface area contributed by atoms with Crippen molar-refractivity contribution in [3.05, 3.63) is 47.0 Å². The lowest BCUT2D eigenvalue weighted by Crippen LogP contribution is -1.95. The van der Waals surface area contributed by atoms with Crippen LogP contribution in [-0.2, 0) is 0 Å². The maximum absolute atomic E-state index is 5.76. The molecule has 0 fully saturated rings. The molecule has 0 aliphatic rings. The molecule has 0 aliphatic carbocycles. The molecule has 12 heavy (non-hydrogen) atoms. The molecule has 0 N–H and O–H groups in total. The van der Waals surface area contributed by atoms with E-state index in [2.05, 4.69) is 34.6 Å². The van der Waals surface area contributed by atoms with Gasteiger partial charge in [-0.25, -0.2) is 0 Å². The van der Waals surface area contributed by atoms with Gasteiger partial charge in [0.2, 0.25) is 0 Å². The van der Waals surface area contributed by atoms with Crippen molar-refractivity contribution in [3.63, 3.8) is 0 Å². The van der Waals surface area contributed by atoms with E-state index in [1.54, 1.807) is 0 Å². The van der Waals surface area contributed by atoms with Crippen LogP contribution >= 0.6 is 27.5 Å². The summed E-state index contributed by atoms with van der Waals surface area (Å²) in [6, 6.07) is 8.13. The van der Waals surface area contributed by atoms with Crippen LogP contribution in [0.4, 0.5) is 0 Å². The van der Waals surface area contributed by atoms with Gasteiger partial charge in [0.05, 0.1) is 0 Å². The quantitative estimate of drug-likeness (QED) is 0.559. The van der Waals surface area contributed by atoms with Crippen LogP contribution in [0.25, 0.3) is 0 Å². The fraction of sp³-hybridized carbons (Fsp3) is 0.200. The van der Waals surface area contributed by atoms with E-state index in [9.17, 15) is 0 Å². The second-order valence-corrected chi connectivity index (χ2v) is 3.77. The van der Waals surface area contributed by atoms with Gasteiger partial charge in [-0.15, -0.1) is 18.2 Å². The topological polar surface area (TPSA) is 0 Å². The zero-order valence-corrected chi connectivity index (χ0v) is 8.98. The summed E-state index contributed by atoms with van der Waals surface area (Å²) in [5.41, 5.74) is 1.21. The Balaban J connectivity index is 2.87. The highest BCUT2D eigenvalue weighted by Gasteiger charge is 2.04. The first kappa shape index (κ1) is 9.82. The van der Waals surface area contributed by atoms with Crippen molar-refractivity contribution in [2.24, 2.45) is 0 Å². The van der Waals surface area contributed by atoms with Crippen molar-refractivity contribution in [1.29, 1.82) is 0 Å². The van der Waals surface area contributed by atoms with Crippen molar-refractivity contribution >= 4 is 27.5 Å². The Bertz CT molecular complexity index is 253. The van der Waals surface area contributed by atoms with E-state index in [0.717, 1.165) is 4.47 Å². The average Bonchev–Trinajstić information content (AvgIpc) is 2.10. The van der Waals surface area contributed by atoms with Crippen LogP contribution in [0.2, 0.25) is 0 Å². The number of allylic oxidation sites excluding steroid dienone is 1. The molecule has 64 valence electrons. The Hall–Kier alpha value is -0.270. The Morgan fingerprint density at radius 2 is 2.00 bits per heavy atom. The Morgan fingerprint density at radius 3 is 2.42 bits per heavy atom. The second kappa shape index (κ2) is 4.68. The fourth-order valence-electron chi connectivity index (χ4n) is 0.998. The lowest BCUT2D eigenvalue weighted by Gasteiger charge is -2.07. The third-order valence-corrected chi connectivity index (χ3v) is 2.61. The summed E-state index contributed by atoms with van der Waals surface area (Å²) in [4.78, 5) is 0. The van der Waals surface area contributed by atoms with Crippen LogP contribution in [0.15, 0.2) is 41.4 Å². The van der Waals surface area contributed by atoms with Crippen molar-refractivity contribution in [3.8, 4) is 0 Å². The minimum absolute atomic E-state index is 0.264. The van der Waals surface area contributed by atoms with E-state index < -0.39 is 0 Å². The molecule has 1 aromatic rings. The van der Waals surface area contributed by atoms with Gasteiger partial charge in [0, 0.05) is 16.3 Å². The Morgan fingerprint density at radius 1 is 1.42 bits per heavy atom. The SMILES string of the molecule is C=CC(CCl)c1ccc(Br)cc1. The molecule has 0 aromatic heterocycles. The van der Waals surface area contributed by atoms with E-state index in [-0.39, 0.29) is 5.92 Å². The third-order valence-electron chi connectivity index (χ3n) is 1.75. The number of hydrogen-bond acceptors (Lipinski definition) is 0. The summed E-state index contributed by atoms with van der Waals surface area (Å²) in [5, 5.41) is 0. The van der Waals surface area contributed by atoms with E-state index >= 15 is 0 Å². The maximum atomic E-state index is 5.76. The van der Waals surface area contributed by atoms with E-state index in [1.807, 2.05) is 18.2 Å². The first-order valence-electron chi connectivity index (χ1n) is 3.72. The number of hydrogen-bond donors (Lipinski definition) is 0. The van der Waals surface area contributed by atoms with Crippen LogP contribution < -0.4 is 0 Å². The largest absolute Gasteiger partial charge is 0.126 e. The van der Waals surface area contributed by atoms with Gasteiger partial charge in [-0.1, -0.05) is 34.1 Å². The van der Waals surface area contributed by atoms with Crippen LogP contribution in [0, 0.1) is 0 Å². The monoisotopic (exact) mass is 244 g/mol. The predicted octanol–water partition coefficient (Wildman–Crippen LogP) is 3.96. The van der Waals surface area contributed by atoms with Gasteiger partial charge >= 0.3 is 0 Å². The molecular formula is C10H10BrCl. The third kappa shape index (κ3) is 2.36. The summed E-state index contributed by atoms with van der Waals surface area (Å²) in [6.45, 7) is 3.73. The molecule has 1 rings (SSSR count). The normalized spacial score (nSPS) is 12.5. The molecule has 1 unspecified atom stereocenters. The van der Waals surface area contributed by atoms with Gasteiger partial charge in [-0.05, 0) is 17.7 Å². The summed E-state index contributed by atoms with van der Waals surface area (Å²) in [5.74, 6) is 0.852.